The van der Waals surface area contributed by atoms with E-state index in [2.05, 4.69) is 180 Å². The van der Waals surface area contributed by atoms with Crippen LogP contribution in [0.15, 0.2) is 134 Å². The van der Waals surface area contributed by atoms with Crippen LogP contribution < -0.4 is 9.80 Å². The second-order valence-electron chi connectivity index (χ2n) is 15.2. The topological polar surface area (TPSA) is 32.3 Å². The van der Waals surface area contributed by atoms with Crippen LogP contribution in [-0.4, -0.2) is 36.1 Å². The van der Waals surface area contributed by atoms with Crippen molar-refractivity contribution in [1.29, 1.82) is 0 Å². The molecule has 0 bridgehead atoms. The number of rotatable bonds is 14. The summed E-state index contributed by atoms with van der Waals surface area (Å²) in [4.78, 5) is 15.1. The Bertz CT molecular complexity index is 2490. The number of hydrogen-bond acceptors (Lipinski definition) is 4. The van der Waals surface area contributed by atoms with E-state index in [1.54, 1.807) is 0 Å². The molecule has 0 atom stereocenters. The number of nitrogens with zero attached hydrogens (tertiary/aromatic N) is 4. The highest BCUT2D eigenvalue weighted by molar-refractivity contribution is 5.86. The molecule has 0 aliphatic carbocycles. The fraction of sp³-hybridized carbons (Fsp3) is 0.222. The van der Waals surface area contributed by atoms with Crippen LogP contribution in [0.1, 0.15) is 83.7 Å². The first-order valence-corrected chi connectivity index (χ1v) is 20.8. The van der Waals surface area contributed by atoms with Gasteiger partial charge in [-0.15, -0.1) is 0 Å². The average molecular weight is 761 g/mol. The molecule has 0 fully saturated rings. The Morgan fingerprint density at radius 1 is 0.517 bits per heavy atom. The van der Waals surface area contributed by atoms with E-state index in [4.69, 9.17) is 9.97 Å². The van der Waals surface area contributed by atoms with E-state index in [0.29, 0.717) is 0 Å². The molecule has 58 heavy (non-hydrogen) atoms. The molecule has 0 unspecified atom stereocenters. The number of aryl methyl sites for hydroxylation is 3. The molecule has 0 amide bonds. The lowest BCUT2D eigenvalue weighted by Crippen LogP contribution is -2.22. The number of aromatic nitrogens is 2. The van der Waals surface area contributed by atoms with Crippen LogP contribution in [0.4, 0.5) is 11.4 Å². The maximum atomic E-state index is 5.12. The van der Waals surface area contributed by atoms with Gasteiger partial charge in [0.25, 0.3) is 0 Å². The second-order valence-corrected chi connectivity index (χ2v) is 15.2. The molecule has 1 aromatic heterocycles. The zero-order chi connectivity index (χ0) is 40.8. The second kappa shape index (κ2) is 17.9. The van der Waals surface area contributed by atoms with Crippen molar-refractivity contribution in [3.63, 3.8) is 0 Å². The van der Waals surface area contributed by atoms with Crippen LogP contribution >= 0.6 is 0 Å². The molecular weight excluding hydrogens is 705 g/mol. The van der Waals surface area contributed by atoms with Gasteiger partial charge in [0.2, 0.25) is 0 Å². The molecular formula is C54H56N4. The van der Waals surface area contributed by atoms with Gasteiger partial charge in [-0.25, -0.2) is 9.97 Å². The first kappa shape index (κ1) is 40.0. The largest absolute Gasteiger partial charge is 0.372 e. The zero-order valence-corrected chi connectivity index (χ0v) is 35.3. The molecule has 0 spiro atoms. The number of benzene rings is 6. The Kier molecular flexibility index (Phi) is 12.3. The molecule has 1 heterocycles. The quantitative estimate of drug-likeness (QED) is 0.0816. The Morgan fingerprint density at radius 2 is 0.983 bits per heavy atom. The molecule has 0 aliphatic rings. The standard InChI is InChI=1S/C54H56N4/c1-9-40-20-24-43(25-21-40)53-54(56-51-17-15-14-16-50(51)55-53)44-26-22-41(23-27-44)18-19-42-32-37(6)33-45(36-42)52(48-30-28-46(34-38(48)7)57(10-2)11-3)49-31-29-47(35-39(49)8)58(12-4)13-5/h9,14-36,52H,1,10-13H2,2-8H3/b19-18+. The molecule has 0 aliphatic heterocycles. The summed E-state index contributed by atoms with van der Waals surface area (Å²) in [5.41, 5.74) is 19.4. The van der Waals surface area contributed by atoms with Crippen molar-refractivity contribution in [2.45, 2.75) is 54.4 Å². The Labute approximate surface area is 346 Å². The summed E-state index contributed by atoms with van der Waals surface area (Å²) >= 11 is 0. The lowest BCUT2D eigenvalue weighted by atomic mass is 9.80. The van der Waals surface area contributed by atoms with Crippen LogP contribution in [0.3, 0.4) is 0 Å². The monoisotopic (exact) mass is 760 g/mol. The third kappa shape index (κ3) is 8.52. The minimum Gasteiger partial charge on any atom is -0.372 e. The Balaban J connectivity index is 1.24. The summed E-state index contributed by atoms with van der Waals surface area (Å²) in [6.07, 6.45) is 6.32. The predicted octanol–water partition coefficient (Wildman–Crippen LogP) is 13.6. The summed E-state index contributed by atoms with van der Waals surface area (Å²) in [6.45, 7) is 23.6. The van der Waals surface area contributed by atoms with Gasteiger partial charge in [0, 0.05) is 54.6 Å². The van der Waals surface area contributed by atoms with Crippen molar-refractivity contribution in [1.82, 2.24) is 9.97 Å². The molecule has 6 aromatic carbocycles. The maximum absolute atomic E-state index is 5.12. The number of para-hydroxylation sites is 2. The molecule has 4 nitrogen and oxygen atoms in total. The number of fused-ring (bicyclic) bond motifs is 1. The van der Waals surface area contributed by atoms with E-state index in [9.17, 15) is 0 Å². The van der Waals surface area contributed by atoms with E-state index in [0.717, 1.165) is 70.9 Å². The molecule has 7 rings (SSSR count). The first-order valence-electron chi connectivity index (χ1n) is 20.8. The minimum atomic E-state index is 0.0908. The minimum absolute atomic E-state index is 0.0908. The normalized spacial score (nSPS) is 11.4. The van der Waals surface area contributed by atoms with Gasteiger partial charge < -0.3 is 9.80 Å². The SMILES string of the molecule is C=Cc1ccc(-c2nc3ccccc3nc2-c2ccc(/C=C/c3cc(C)cc(C(c4ccc(N(CC)CC)cc4C)c4ccc(N(CC)CC)cc4C)c3)cc2)cc1. The highest BCUT2D eigenvalue weighted by Gasteiger charge is 2.23. The fourth-order valence-electron chi connectivity index (χ4n) is 8.30. The molecule has 7 aromatic rings. The highest BCUT2D eigenvalue weighted by Crippen LogP contribution is 2.39. The van der Waals surface area contributed by atoms with E-state index >= 15 is 0 Å². The van der Waals surface area contributed by atoms with Crippen molar-refractivity contribution < 1.29 is 0 Å². The predicted molar refractivity (Wildman–Crippen MR) is 251 cm³/mol. The Hall–Kier alpha value is -6.26. The average Bonchev–Trinajstić information content (AvgIpc) is 3.25. The van der Waals surface area contributed by atoms with E-state index in [-0.39, 0.29) is 5.92 Å². The maximum Gasteiger partial charge on any atom is 0.0973 e. The van der Waals surface area contributed by atoms with Gasteiger partial charge in [-0.2, -0.15) is 0 Å². The molecule has 4 heteroatoms. The molecule has 0 saturated carbocycles. The highest BCUT2D eigenvalue weighted by atomic mass is 15.1. The van der Waals surface area contributed by atoms with Crippen LogP contribution in [0.2, 0.25) is 0 Å². The van der Waals surface area contributed by atoms with Crippen molar-refractivity contribution in [2.75, 3.05) is 36.0 Å². The summed E-state index contributed by atoms with van der Waals surface area (Å²) in [5, 5.41) is 0. The van der Waals surface area contributed by atoms with Crippen LogP contribution in [-0.2, 0) is 0 Å². The van der Waals surface area contributed by atoms with Gasteiger partial charge >= 0.3 is 0 Å². The smallest absolute Gasteiger partial charge is 0.0973 e. The lowest BCUT2D eigenvalue weighted by molar-refractivity contribution is 0.859. The van der Waals surface area contributed by atoms with Gasteiger partial charge in [-0.05, 0) is 129 Å². The summed E-state index contributed by atoms with van der Waals surface area (Å²) < 4.78 is 0. The van der Waals surface area contributed by atoms with Crippen molar-refractivity contribution >= 4 is 40.6 Å². The van der Waals surface area contributed by atoms with Gasteiger partial charge in [0.1, 0.15) is 0 Å². The van der Waals surface area contributed by atoms with Gasteiger partial charge in [0.15, 0.2) is 0 Å². The van der Waals surface area contributed by atoms with Crippen molar-refractivity contribution in [3.8, 4) is 22.5 Å². The molecule has 0 saturated heterocycles. The number of anilines is 2. The van der Waals surface area contributed by atoms with E-state index < -0.39 is 0 Å². The summed E-state index contributed by atoms with van der Waals surface area (Å²) in [7, 11) is 0. The third-order valence-electron chi connectivity index (χ3n) is 11.5. The first-order chi connectivity index (χ1) is 28.2. The Morgan fingerprint density at radius 3 is 1.43 bits per heavy atom. The number of hydrogen-bond donors (Lipinski definition) is 0. The van der Waals surface area contributed by atoms with Crippen molar-refractivity contribution in [2.24, 2.45) is 0 Å². The summed E-state index contributed by atoms with van der Waals surface area (Å²) in [5.74, 6) is 0.0908. The summed E-state index contributed by atoms with van der Waals surface area (Å²) in [6, 6.07) is 46.2. The zero-order valence-electron chi connectivity index (χ0n) is 35.3. The van der Waals surface area contributed by atoms with Gasteiger partial charge in [-0.1, -0.05) is 121 Å². The van der Waals surface area contributed by atoms with Crippen molar-refractivity contribution in [3.05, 3.63) is 184 Å². The fourth-order valence-corrected chi connectivity index (χ4v) is 8.30. The van der Waals surface area contributed by atoms with Gasteiger partial charge in [0.05, 0.1) is 22.4 Å². The molecule has 0 N–H and O–H groups in total. The third-order valence-corrected chi connectivity index (χ3v) is 11.5. The van der Waals surface area contributed by atoms with Gasteiger partial charge in [-0.3, -0.25) is 0 Å². The molecule has 0 radical (unpaired) electrons. The lowest BCUT2D eigenvalue weighted by Gasteiger charge is -2.28. The van der Waals surface area contributed by atoms with Crippen LogP contribution in [0.25, 0.3) is 51.8 Å². The molecule has 292 valence electrons. The van der Waals surface area contributed by atoms with Crippen LogP contribution in [0.5, 0.6) is 0 Å². The van der Waals surface area contributed by atoms with E-state index in [1.807, 2.05) is 30.3 Å². The van der Waals surface area contributed by atoms with E-state index in [1.165, 1.54) is 50.3 Å². The van der Waals surface area contributed by atoms with Crippen LogP contribution in [0, 0.1) is 20.8 Å².